The van der Waals surface area contributed by atoms with Crippen molar-refractivity contribution in [3.05, 3.63) is 47.5 Å². The minimum absolute atomic E-state index is 0. The minimum atomic E-state index is -0.498. The molecule has 23 heavy (non-hydrogen) atoms. The van der Waals surface area contributed by atoms with E-state index in [0.29, 0.717) is 28.2 Å². The molecule has 2 N–H and O–H groups in total. The van der Waals surface area contributed by atoms with Crippen LogP contribution in [0.4, 0.5) is 15.9 Å². The number of ether oxygens (including phenoxy) is 1. The van der Waals surface area contributed by atoms with E-state index in [1.54, 1.807) is 12.1 Å². The number of methoxy groups -OCH3 is 1. The highest BCUT2D eigenvalue weighted by molar-refractivity contribution is 6.31. The van der Waals surface area contributed by atoms with Crippen molar-refractivity contribution in [1.82, 2.24) is 9.97 Å². The SMILES string of the molecule is COc1cc2ncnc(Nc3ccc(F)c(Cl)c3)c2cc1O.Cl. The number of benzene rings is 2. The van der Waals surface area contributed by atoms with E-state index >= 15 is 0 Å². The number of aromatic nitrogens is 2. The third-order valence-corrected chi connectivity index (χ3v) is 3.41. The van der Waals surface area contributed by atoms with Gasteiger partial charge in [0.1, 0.15) is 18.0 Å². The fraction of sp³-hybridized carbons (Fsp3) is 0.0667. The molecule has 8 heteroatoms. The van der Waals surface area contributed by atoms with E-state index < -0.39 is 5.82 Å². The van der Waals surface area contributed by atoms with Crippen molar-refractivity contribution in [1.29, 1.82) is 0 Å². The lowest BCUT2D eigenvalue weighted by Crippen LogP contribution is -1.97. The van der Waals surface area contributed by atoms with Gasteiger partial charge in [-0.15, -0.1) is 12.4 Å². The van der Waals surface area contributed by atoms with Crippen molar-refractivity contribution in [2.45, 2.75) is 0 Å². The topological polar surface area (TPSA) is 67.3 Å². The van der Waals surface area contributed by atoms with Gasteiger partial charge in [-0.05, 0) is 24.3 Å². The summed E-state index contributed by atoms with van der Waals surface area (Å²) in [5.41, 5.74) is 1.17. The highest BCUT2D eigenvalue weighted by Gasteiger charge is 2.10. The summed E-state index contributed by atoms with van der Waals surface area (Å²) >= 11 is 5.76. The fourth-order valence-electron chi connectivity index (χ4n) is 2.05. The molecule has 0 spiro atoms. The maximum Gasteiger partial charge on any atom is 0.162 e. The second-order valence-electron chi connectivity index (χ2n) is 4.52. The largest absolute Gasteiger partial charge is 0.504 e. The Labute approximate surface area is 142 Å². The zero-order valence-corrected chi connectivity index (χ0v) is 13.5. The van der Waals surface area contributed by atoms with Crippen molar-refractivity contribution in [3.63, 3.8) is 0 Å². The van der Waals surface area contributed by atoms with Crippen LogP contribution in [0.15, 0.2) is 36.7 Å². The van der Waals surface area contributed by atoms with Crippen LogP contribution < -0.4 is 10.1 Å². The Balaban J connectivity index is 0.00000192. The lowest BCUT2D eigenvalue weighted by atomic mass is 10.2. The van der Waals surface area contributed by atoms with Gasteiger partial charge in [-0.2, -0.15) is 0 Å². The van der Waals surface area contributed by atoms with Crippen LogP contribution in [0.25, 0.3) is 10.9 Å². The second kappa shape index (κ2) is 6.85. The molecular weight excluding hydrogens is 344 g/mol. The average molecular weight is 356 g/mol. The number of anilines is 2. The van der Waals surface area contributed by atoms with E-state index in [0.717, 1.165) is 0 Å². The molecule has 0 saturated carbocycles. The van der Waals surface area contributed by atoms with Gasteiger partial charge in [0.05, 0.1) is 17.6 Å². The molecular formula is C15H12Cl2FN3O2. The van der Waals surface area contributed by atoms with Crippen LogP contribution in [0.2, 0.25) is 5.02 Å². The molecule has 0 aliphatic heterocycles. The molecule has 2 aromatic carbocycles. The van der Waals surface area contributed by atoms with E-state index in [2.05, 4.69) is 15.3 Å². The summed E-state index contributed by atoms with van der Waals surface area (Å²) in [5.74, 6) is 0.264. The van der Waals surface area contributed by atoms with E-state index in [9.17, 15) is 9.50 Å². The number of nitrogens with one attached hydrogen (secondary N) is 1. The monoisotopic (exact) mass is 355 g/mol. The first-order valence-electron chi connectivity index (χ1n) is 6.32. The normalized spacial score (nSPS) is 10.2. The number of nitrogens with zero attached hydrogens (tertiary/aromatic N) is 2. The van der Waals surface area contributed by atoms with E-state index in [1.165, 1.54) is 31.6 Å². The van der Waals surface area contributed by atoms with Crippen molar-refractivity contribution in [2.24, 2.45) is 0 Å². The number of hydrogen-bond donors (Lipinski definition) is 2. The summed E-state index contributed by atoms with van der Waals surface area (Å²) in [6.07, 6.45) is 1.38. The van der Waals surface area contributed by atoms with Crippen molar-refractivity contribution < 1.29 is 14.2 Å². The van der Waals surface area contributed by atoms with Gasteiger partial charge in [0.25, 0.3) is 0 Å². The summed E-state index contributed by atoms with van der Waals surface area (Å²) in [5, 5.41) is 13.5. The Morgan fingerprint density at radius 3 is 2.70 bits per heavy atom. The van der Waals surface area contributed by atoms with E-state index in [4.69, 9.17) is 16.3 Å². The quantitative estimate of drug-likeness (QED) is 0.732. The third kappa shape index (κ3) is 3.38. The Hall–Kier alpha value is -2.31. The fourth-order valence-corrected chi connectivity index (χ4v) is 2.23. The number of hydrogen-bond acceptors (Lipinski definition) is 5. The number of rotatable bonds is 3. The maximum absolute atomic E-state index is 13.2. The predicted octanol–water partition coefficient (Wildman–Crippen LogP) is 4.30. The maximum atomic E-state index is 13.2. The molecule has 0 amide bonds. The van der Waals surface area contributed by atoms with Crippen LogP contribution in [0.5, 0.6) is 11.5 Å². The van der Waals surface area contributed by atoms with Gasteiger partial charge in [0.15, 0.2) is 11.5 Å². The highest BCUT2D eigenvalue weighted by Crippen LogP contribution is 2.33. The molecule has 0 radical (unpaired) electrons. The molecule has 3 aromatic rings. The summed E-state index contributed by atoms with van der Waals surface area (Å²) in [6.45, 7) is 0. The summed E-state index contributed by atoms with van der Waals surface area (Å²) in [6, 6.07) is 7.36. The van der Waals surface area contributed by atoms with E-state index in [-0.39, 0.29) is 23.2 Å². The van der Waals surface area contributed by atoms with Gasteiger partial charge >= 0.3 is 0 Å². The number of halogens is 3. The van der Waals surface area contributed by atoms with Crippen molar-refractivity contribution >= 4 is 46.4 Å². The van der Waals surface area contributed by atoms with Crippen LogP contribution in [0, 0.1) is 5.82 Å². The predicted molar refractivity (Wildman–Crippen MR) is 89.7 cm³/mol. The minimum Gasteiger partial charge on any atom is -0.504 e. The molecule has 1 heterocycles. The van der Waals surface area contributed by atoms with Gasteiger partial charge in [-0.1, -0.05) is 11.6 Å². The standard InChI is InChI=1S/C15H11ClFN3O2.ClH/c1-22-14-6-12-9(5-13(14)21)15(19-7-18-12)20-8-2-3-11(17)10(16)4-8;/h2-7,21H,1H3,(H,18,19,20);1H. The van der Waals surface area contributed by atoms with Gasteiger partial charge in [0.2, 0.25) is 0 Å². The average Bonchev–Trinajstić information content (AvgIpc) is 2.51. The number of phenolic OH excluding ortho intramolecular Hbond substituents is 1. The van der Waals surface area contributed by atoms with E-state index in [1.807, 2.05) is 0 Å². The van der Waals surface area contributed by atoms with Crippen LogP contribution in [0.1, 0.15) is 0 Å². The summed E-state index contributed by atoms with van der Waals surface area (Å²) < 4.78 is 18.2. The zero-order chi connectivity index (χ0) is 15.7. The van der Waals surface area contributed by atoms with Crippen LogP contribution in [0.3, 0.4) is 0 Å². The lowest BCUT2D eigenvalue weighted by molar-refractivity contribution is 0.374. The molecule has 0 fully saturated rings. The molecule has 0 aliphatic rings. The number of aromatic hydroxyl groups is 1. The smallest absolute Gasteiger partial charge is 0.162 e. The van der Waals surface area contributed by atoms with Crippen molar-refractivity contribution in [2.75, 3.05) is 12.4 Å². The summed E-state index contributed by atoms with van der Waals surface area (Å²) in [7, 11) is 1.46. The third-order valence-electron chi connectivity index (χ3n) is 3.12. The first kappa shape index (κ1) is 17.1. The van der Waals surface area contributed by atoms with Crippen LogP contribution in [-0.2, 0) is 0 Å². The highest BCUT2D eigenvalue weighted by atomic mass is 35.5. The molecule has 5 nitrogen and oxygen atoms in total. The second-order valence-corrected chi connectivity index (χ2v) is 4.92. The Morgan fingerprint density at radius 2 is 2.00 bits per heavy atom. The van der Waals surface area contributed by atoms with Gasteiger partial charge in [-0.25, -0.2) is 14.4 Å². The molecule has 120 valence electrons. The molecule has 0 saturated heterocycles. The van der Waals surface area contributed by atoms with Crippen LogP contribution >= 0.6 is 24.0 Å². The van der Waals surface area contributed by atoms with Crippen molar-refractivity contribution in [3.8, 4) is 11.5 Å². The van der Waals surface area contributed by atoms with Crippen LogP contribution in [-0.4, -0.2) is 22.2 Å². The van der Waals surface area contributed by atoms with Gasteiger partial charge < -0.3 is 15.2 Å². The van der Waals surface area contributed by atoms with Gasteiger partial charge in [0, 0.05) is 17.1 Å². The molecule has 1 aromatic heterocycles. The lowest BCUT2D eigenvalue weighted by Gasteiger charge is -2.10. The van der Waals surface area contributed by atoms with Gasteiger partial charge in [-0.3, -0.25) is 0 Å². The molecule has 3 rings (SSSR count). The molecule has 0 unspecified atom stereocenters. The Kier molecular flexibility index (Phi) is 5.08. The molecule has 0 atom stereocenters. The molecule has 0 aliphatic carbocycles. The molecule has 0 bridgehead atoms. The first-order valence-corrected chi connectivity index (χ1v) is 6.70. The summed E-state index contributed by atoms with van der Waals surface area (Å²) in [4.78, 5) is 8.28. The Morgan fingerprint density at radius 1 is 1.22 bits per heavy atom. The number of fused-ring (bicyclic) bond motifs is 1. The zero-order valence-electron chi connectivity index (χ0n) is 11.9. The number of phenols is 1. The Bertz CT molecular complexity index is 861. The first-order chi connectivity index (χ1) is 10.6.